The first-order valence-corrected chi connectivity index (χ1v) is 7.00. The summed E-state index contributed by atoms with van der Waals surface area (Å²) in [6.45, 7) is 0. The van der Waals surface area contributed by atoms with Crippen LogP contribution in [0.1, 0.15) is 0 Å². The summed E-state index contributed by atoms with van der Waals surface area (Å²) in [6, 6.07) is 14.1. The number of hydrogen-bond acceptors (Lipinski definition) is 3. The van der Waals surface area contributed by atoms with Gasteiger partial charge in [-0.05, 0) is 40.8 Å². The molecule has 0 aliphatic carbocycles. The monoisotopic (exact) mass is 380 g/mol. The lowest BCUT2D eigenvalue weighted by atomic mass is 10.0. The first-order chi connectivity index (χ1) is 9.66. The molecule has 0 radical (unpaired) electrons. The number of anilines is 1. The molecule has 20 heavy (non-hydrogen) atoms. The number of benzene rings is 2. The van der Waals surface area contributed by atoms with Gasteiger partial charge in [0.05, 0.1) is 5.56 Å². The quantitative estimate of drug-likeness (QED) is 0.674. The van der Waals surface area contributed by atoms with Crippen LogP contribution in [0, 0.1) is 9.39 Å². The highest BCUT2D eigenvalue weighted by molar-refractivity contribution is 14.1. The molecular weight excluding hydrogens is 370 g/mol. The van der Waals surface area contributed by atoms with Crippen LogP contribution < -0.4 is 5.73 Å². The normalized spacial score (nSPS) is 10.7. The third-order valence-corrected chi connectivity index (χ3v) is 3.69. The van der Waals surface area contributed by atoms with Gasteiger partial charge in [-0.15, -0.1) is 0 Å². The Bertz CT molecular complexity index is 753. The van der Waals surface area contributed by atoms with Crippen LogP contribution in [0.2, 0.25) is 0 Å². The van der Waals surface area contributed by atoms with E-state index in [1.165, 1.54) is 6.07 Å². The van der Waals surface area contributed by atoms with Gasteiger partial charge in [-0.25, -0.2) is 4.39 Å². The molecule has 0 atom stereocenters. The number of nitrogens with two attached hydrogens (primary N) is 1. The molecule has 0 unspecified atom stereocenters. The van der Waals surface area contributed by atoms with Crippen LogP contribution in [0.5, 0.6) is 0 Å². The highest BCUT2D eigenvalue weighted by Gasteiger charge is 2.19. The minimum Gasteiger partial charge on any atom is -0.380 e. The summed E-state index contributed by atoms with van der Waals surface area (Å²) in [6.07, 6.45) is 0. The van der Waals surface area contributed by atoms with Crippen molar-refractivity contribution < 1.29 is 8.91 Å². The molecule has 0 saturated carbocycles. The molecule has 3 nitrogen and oxygen atoms in total. The number of nitrogens with zero attached hydrogens (tertiary/aromatic N) is 1. The topological polar surface area (TPSA) is 52.0 Å². The largest absolute Gasteiger partial charge is 0.380 e. The van der Waals surface area contributed by atoms with E-state index in [9.17, 15) is 4.39 Å². The standard InChI is InChI=1S/C15H10FIN2O/c16-12-4-2-1-3-11(12)13-14(20-19-15(13)18)9-5-7-10(17)8-6-9/h1-8H,(H2,18,19). The molecule has 0 amide bonds. The number of nitrogen functional groups attached to an aromatic ring is 1. The van der Waals surface area contributed by atoms with Crippen molar-refractivity contribution in [2.75, 3.05) is 5.73 Å². The highest BCUT2D eigenvalue weighted by Crippen LogP contribution is 2.37. The van der Waals surface area contributed by atoms with Crippen molar-refractivity contribution in [3.8, 4) is 22.5 Å². The summed E-state index contributed by atoms with van der Waals surface area (Å²) in [7, 11) is 0. The van der Waals surface area contributed by atoms with Gasteiger partial charge in [-0.3, -0.25) is 0 Å². The predicted octanol–water partition coefficient (Wildman–Crippen LogP) is 4.33. The Hall–Kier alpha value is -1.89. The van der Waals surface area contributed by atoms with Crippen LogP contribution in [0.15, 0.2) is 53.1 Å². The second-order valence-electron chi connectivity index (χ2n) is 4.26. The van der Waals surface area contributed by atoms with Gasteiger partial charge < -0.3 is 10.3 Å². The number of hydrogen-bond donors (Lipinski definition) is 1. The molecule has 2 aromatic carbocycles. The van der Waals surface area contributed by atoms with E-state index in [4.69, 9.17) is 10.3 Å². The van der Waals surface area contributed by atoms with Crippen molar-refractivity contribution in [3.05, 3.63) is 57.9 Å². The van der Waals surface area contributed by atoms with Gasteiger partial charge in [0.25, 0.3) is 0 Å². The van der Waals surface area contributed by atoms with E-state index in [0.717, 1.165) is 9.13 Å². The number of aromatic nitrogens is 1. The van der Waals surface area contributed by atoms with Crippen LogP contribution in [-0.2, 0) is 0 Å². The lowest BCUT2D eigenvalue weighted by Gasteiger charge is -2.04. The molecular formula is C15H10FIN2O. The SMILES string of the molecule is Nc1noc(-c2ccc(I)cc2)c1-c1ccccc1F. The van der Waals surface area contributed by atoms with E-state index in [1.807, 2.05) is 24.3 Å². The maximum absolute atomic E-state index is 14.0. The van der Waals surface area contributed by atoms with Crippen LogP contribution in [0.4, 0.5) is 10.2 Å². The Balaban J connectivity index is 2.20. The third-order valence-electron chi connectivity index (χ3n) is 2.97. The molecule has 100 valence electrons. The van der Waals surface area contributed by atoms with Crippen molar-refractivity contribution in [2.45, 2.75) is 0 Å². The minimum atomic E-state index is -0.353. The first kappa shape index (κ1) is 13.1. The van der Waals surface area contributed by atoms with Crippen LogP contribution in [-0.4, -0.2) is 5.16 Å². The van der Waals surface area contributed by atoms with E-state index < -0.39 is 0 Å². The Kier molecular flexibility index (Phi) is 3.43. The summed E-state index contributed by atoms with van der Waals surface area (Å²) < 4.78 is 20.4. The average molecular weight is 380 g/mol. The lowest BCUT2D eigenvalue weighted by molar-refractivity contribution is 0.436. The molecule has 0 fully saturated rings. The fourth-order valence-corrected chi connectivity index (χ4v) is 2.38. The van der Waals surface area contributed by atoms with E-state index in [1.54, 1.807) is 18.2 Å². The summed E-state index contributed by atoms with van der Waals surface area (Å²) in [5.74, 6) is 0.307. The first-order valence-electron chi connectivity index (χ1n) is 5.93. The highest BCUT2D eigenvalue weighted by atomic mass is 127. The van der Waals surface area contributed by atoms with Crippen molar-refractivity contribution in [1.29, 1.82) is 0 Å². The molecule has 3 rings (SSSR count). The Labute approximate surface area is 128 Å². The molecule has 0 aliphatic heterocycles. The number of halogens is 2. The minimum absolute atomic E-state index is 0.184. The van der Waals surface area contributed by atoms with Crippen LogP contribution in [0.3, 0.4) is 0 Å². The molecule has 0 spiro atoms. The van der Waals surface area contributed by atoms with Crippen molar-refractivity contribution >= 4 is 28.4 Å². The summed E-state index contributed by atoms with van der Waals surface area (Å²) in [5, 5.41) is 3.77. The summed E-state index contributed by atoms with van der Waals surface area (Å²) >= 11 is 2.22. The second kappa shape index (κ2) is 5.24. The summed E-state index contributed by atoms with van der Waals surface area (Å²) in [5.41, 5.74) is 7.53. The second-order valence-corrected chi connectivity index (χ2v) is 5.50. The molecule has 5 heteroatoms. The van der Waals surface area contributed by atoms with Crippen molar-refractivity contribution in [2.24, 2.45) is 0 Å². The smallest absolute Gasteiger partial charge is 0.177 e. The van der Waals surface area contributed by atoms with E-state index in [2.05, 4.69) is 27.7 Å². The molecule has 0 bridgehead atoms. The van der Waals surface area contributed by atoms with Gasteiger partial charge in [0.15, 0.2) is 11.6 Å². The maximum Gasteiger partial charge on any atom is 0.177 e. The number of rotatable bonds is 2. The third kappa shape index (κ3) is 2.29. The molecule has 3 aromatic rings. The zero-order valence-electron chi connectivity index (χ0n) is 10.3. The van der Waals surface area contributed by atoms with Gasteiger partial charge in [0.1, 0.15) is 5.82 Å². The molecule has 1 aromatic heterocycles. The molecule has 0 saturated heterocycles. The maximum atomic E-state index is 14.0. The van der Waals surface area contributed by atoms with Gasteiger partial charge in [-0.1, -0.05) is 35.5 Å². The predicted molar refractivity (Wildman–Crippen MR) is 84.5 cm³/mol. The van der Waals surface area contributed by atoms with E-state index in [0.29, 0.717) is 16.9 Å². The molecule has 1 heterocycles. The van der Waals surface area contributed by atoms with Gasteiger partial charge in [0, 0.05) is 14.7 Å². The van der Waals surface area contributed by atoms with E-state index in [-0.39, 0.29) is 11.6 Å². The Morgan fingerprint density at radius 2 is 1.75 bits per heavy atom. The lowest BCUT2D eigenvalue weighted by Crippen LogP contribution is -1.91. The van der Waals surface area contributed by atoms with Gasteiger partial charge in [-0.2, -0.15) is 0 Å². The fourth-order valence-electron chi connectivity index (χ4n) is 2.02. The zero-order valence-corrected chi connectivity index (χ0v) is 12.5. The average Bonchev–Trinajstić information content (AvgIpc) is 2.82. The summed E-state index contributed by atoms with van der Waals surface area (Å²) in [4.78, 5) is 0. The van der Waals surface area contributed by atoms with Crippen molar-refractivity contribution in [1.82, 2.24) is 5.16 Å². The van der Waals surface area contributed by atoms with Crippen molar-refractivity contribution in [3.63, 3.8) is 0 Å². The van der Waals surface area contributed by atoms with E-state index >= 15 is 0 Å². The van der Waals surface area contributed by atoms with Gasteiger partial charge >= 0.3 is 0 Å². The van der Waals surface area contributed by atoms with Gasteiger partial charge in [0.2, 0.25) is 0 Å². The molecule has 0 aliphatic rings. The molecule has 2 N–H and O–H groups in total. The van der Waals surface area contributed by atoms with Crippen LogP contribution >= 0.6 is 22.6 Å². The Morgan fingerprint density at radius 1 is 1.05 bits per heavy atom. The fraction of sp³-hybridized carbons (Fsp3) is 0. The zero-order chi connectivity index (χ0) is 14.1. The van der Waals surface area contributed by atoms with Crippen LogP contribution in [0.25, 0.3) is 22.5 Å². The Morgan fingerprint density at radius 3 is 2.45 bits per heavy atom.